The number of carbonyl (C=O) groups excluding carboxylic acids is 1. The molecule has 1 aliphatic rings. The van der Waals surface area contributed by atoms with E-state index in [4.69, 9.17) is 23.8 Å². The highest BCUT2D eigenvalue weighted by molar-refractivity contribution is 8.27. The average Bonchev–Trinajstić information content (AvgIpc) is 2.82. The molecule has 0 N–H and O–H groups in total. The number of anilines is 1. The zero-order valence-corrected chi connectivity index (χ0v) is 15.3. The minimum atomic E-state index is -0.118. The van der Waals surface area contributed by atoms with Gasteiger partial charge in [0.15, 0.2) is 4.32 Å². The van der Waals surface area contributed by atoms with Gasteiger partial charge in [0.2, 0.25) is 0 Å². The third kappa shape index (κ3) is 3.78. The highest BCUT2D eigenvalue weighted by atomic mass is 35.5. The molecule has 0 radical (unpaired) electrons. The first kappa shape index (κ1) is 17.0. The molecule has 0 bridgehead atoms. The predicted octanol–water partition coefficient (Wildman–Crippen LogP) is 5.69. The van der Waals surface area contributed by atoms with Crippen LogP contribution in [0.15, 0.2) is 71.2 Å². The summed E-state index contributed by atoms with van der Waals surface area (Å²) in [6.45, 7) is 1.97. The Labute approximate surface area is 155 Å². The fourth-order valence-electron chi connectivity index (χ4n) is 2.37. The second kappa shape index (κ2) is 7.34. The van der Waals surface area contributed by atoms with E-state index in [-0.39, 0.29) is 5.91 Å². The van der Waals surface area contributed by atoms with Gasteiger partial charge < -0.3 is 0 Å². The van der Waals surface area contributed by atoms with Gasteiger partial charge in [-0.1, -0.05) is 78.1 Å². The van der Waals surface area contributed by atoms with E-state index in [0.717, 1.165) is 11.1 Å². The molecule has 1 heterocycles. The monoisotopic (exact) mass is 371 g/mol. The first-order valence-corrected chi connectivity index (χ1v) is 8.92. The van der Waals surface area contributed by atoms with E-state index < -0.39 is 0 Å². The summed E-state index contributed by atoms with van der Waals surface area (Å²) in [7, 11) is 0. The van der Waals surface area contributed by atoms with E-state index in [1.165, 1.54) is 16.7 Å². The maximum atomic E-state index is 12.7. The molecule has 2 aromatic carbocycles. The van der Waals surface area contributed by atoms with E-state index in [0.29, 0.717) is 19.9 Å². The Morgan fingerprint density at radius 3 is 2.62 bits per heavy atom. The molecule has 3 rings (SSSR count). The van der Waals surface area contributed by atoms with Crippen LogP contribution in [0.25, 0.3) is 6.08 Å². The first-order chi connectivity index (χ1) is 11.5. The number of allylic oxidation sites excluding steroid dienone is 2. The van der Waals surface area contributed by atoms with Crippen molar-refractivity contribution in [1.29, 1.82) is 0 Å². The molecule has 2 nitrogen and oxygen atoms in total. The van der Waals surface area contributed by atoms with E-state index in [9.17, 15) is 4.79 Å². The summed E-state index contributed by atoms with van der Waals surface area (Å²) < 4.78 is 0.515. The van der Waals surface area contributed by atoms with Gasteiger partial charge >= 0.3 is 0 Å². The standard InChI is InChI=1S/C19H14ClNOS2/c1-13(10-14-6-3-2-4-7-14)11-17-18(22)21(19(23)24-17)16-9-5-8-15(20)12-16/h2-12H,1H3/b13-10?,17-11-. The van der Waals surface area contributed by atoms with Crippen molar-refractivity contribution < 1.29 is 4.79 Å². The highest BCUT2D eigenvalue weighted by Crippen LogP contribution is 2.36. The number of nitrogens with zero attached hydrogens (tertiary/aromatic N) is 1. The Bertz CT molecular complexity index is 859. The fourth-order valence-corrected chi connectivity index (χ4v) is 3.90. The van der Waals surface area contributed by atoms with Crippen LogP contribution in [-0.4, -0.2) is 10.2 Å². The summed E-state index contributed by atoms with van der Waals surface area (Å²) in [5, 5.41) is 0.575. The normalized spacial score (nSPS) is 17.0. The van der Waals surface area contributed by atoms with Crippen molar-refractivity contribution in [2.75, 3.05) is 4.90 Å². The molecule has 1 aliphatic heterocycles. The molecular formula is C19H14ClNOS2. The molecule has 1 amide bonds. The molecule has 0 saturated carbocycles. The van der Waals surface area contributed by atoms with E-state index >= 15 is 0 Å². The van der Waals surface area contributed by atoms with Crippen LogP contribution in [0.2, 0.25) is 5.02 Å². The topological polar surface area (TPSA) is 20.3 Å². The molecular weight excluding hydrogens is 358 g/mol. The van der Waals surface area contributed by atoms with Gasteiger partial charge in [0.1, 0.15) is 0 Å². The minimum absolute atomic E-state index is 0.118. The van der Waals surface area contributed by atoms with Crippen molar-refractivity contribution in [1.82, 2.24) is 0 Å². The summed E-state index contributed by atoms with van der Waals surface area (Å²) >= 11 is 12.7. The lowest BCUT2D eigenvalue weighted by atomic mass is 10.1. The van der Waals surface area contributed by atoms with Gasteiger partial charge in [0.25, 0.3) is 5.91 Å². The van der Waals surface area contributed by atoms with Crippen molar-refractivity contribution >= 4 is 57.6 Å². The molecule has 1 fully saturated rings. The van der Waals surface area contributed by atoms with Gasteiger partial charge in [-0.3, -0.25) is 9.69 Å². The summed E-state index contributed by atoms with van der Waals surface area (Å²) in [5.41, 5.74) is 2.78. The van der Waals surface area contributed by atoms with Crippen LogP contribution >= 0.6 is 35.6 Å². The zero-order chi connectivity index (χ0) is 17.1. The molecule has 0 atom stereocenters. The molecule has 120 valence electrons. The number of hydrogen-bond donors (Lipinski definition) is 0. The van der Waals surface area contributed by atoms with Gasteiger partial charge in [0.05, 0.1) is 10.6 Å². The average molecular weight is 372 g/mol. The highest BCUT2D eigenvalue weighted by Gasteiger charge is 2.33. The Hall–Kier alpha value is -1.88. The quantitative estimate of drug-likeness (QED) is 0.510. The van der Waals surface area contributed by atoms with Crippen LogP contribution in [0, 0.1) is 0 Å². The van der Waals surface area contributed by atoms with Crippen LogP contribution in [-0.2, 0) is 4.79 Å². The lowest BCUT2D eigenvalue weighted by Gasteiger charge is -2.14. The molecule has 5 heteroatoms. The van der Waals surface area contributed by atoms with Crippen LogP contribution in [0.5, 0.6) is 0 Å². The van der Waals surface area contributed by atoms with Crippen LogP contribution < -0.4 is 4.90 Å². The molecule has 0 aliphatic carbocycles. The lowest BCUT2D eigenvalue weighted by molar-refractivity contribution is -0.113. The number of rotatable bonds is 3. The third-order valence-corrected chi connectivity index (χ3v) is 4.95. The Morgan fingerprint density at radius 1 is 1.17 bits per heavy atom. The van der Waals surface area contributed by atoms with E-state index in [1.807, 2.05) is 55.5 Å². The second-order valence-electron chi connectivity index (χ2n) is 5.30. The van der Waals surface area contributed by atoms with E-state index in [2.05, 4.69) is 0 Å². The number of carbonyl (C=O) groups is 1. The van der Waals surface area contributed by atoms with E-state index in [1.54, 1.807) is 18.2 Å². The van der Waals surface area contributed by atoms with Gasteiger partial charge in [0, 0.05) is 5.02 Å². The van der Waals surface area contributed by atoms with Gasteiger partial charge in [-0.25, -0.2) is 0 Å². The minimum Gasteiger partial charge on any atom is -0.268 e. The summed E-state index contributed by atoms with van der Waals surface area (Å²) in [5.74, 6) is -0.118. The molecule has 0 aromatic heterocycles. The first-order valence-electron chi connectivity index (χ1n) is 7.31. The van der Waals surface area contributed by atoms with Gasteiger partial charge in [-0.15, -0.1) is 0 Å². The number of benzene rings is 2. The molecule has 0 spiro atoms. The number of thiocarbonyl (C=S) groups is 1. The predicted molar refractivity (Wildman–Crippen MR) is 107 cm³/mol. The maximum Gasteiger partial charge on any atom is 0.270 e. The number of hydrogen-bond acceptors (Lipinski definition) is 3. The van der Waals surface area contributed by atoms with Crippen molar-refractivity contribution in [3.63, 3.8) is 0 Å². The smallest absolute Gasteiger partial charge is 0.268 e. The van der Waals surface area contributed by atoms with Crippen molar-refractivity contribution in [2.24, 2.45) is 0 Å². The Balaban J connectivity index is 1.87. The summed E-state index contributed by atoms with van der Waals surface area (Å²) in [6, 6.07) is 17.1. The van der Waals surface area contributed by atoms with Crippen LogP contribution in [0.1, 0.15) is 12.5 Å². The largest absolute Gasteiger partial charge is 0.270 e. The number of thioether (sulfide) groups is 1. The Kier molecular flexibility index (Phi) is 5.19. The number of amides is 1. The van der Waals surface area contributed by atoms with Crippen molar-refractivity contribution in [3.05, 3.63) is 81.7 Å². The van der Waals surface area contributed by atoms with Crippen molar-refractivity contribution in [3.8, 4) is 0 Å². The number of halogens is 1. The van der Waals surface area contributed by atoms with Crippen LogP contribution in [0.3, 0.4) is 0 Å². The SMILES string of the molecule is CC(=Cc1ccccc1)/C=C1\SC(=S)N(c2cccc(Cl)c2)C1=O. The second-order valence-corrected chi connectivity index (χ2v) is 7.41. The zero-order valence-electron chi connectivity index (χ0n) is 12.9. The van der Waals surface area contributed by atoms with Gasteiger partial charge in [-0.05, 0) is 42.3 Å². The Morgan fingerprint density at radius 2 is 1.92 bits per heavy atom. The third-order valence-electron chi connectivity index (χ3n) is 3.41. The summed E-state index contributed by atoms with van der Waals surface area (Å²) in [4.78, 5) is 14.8. The summed E-state index contributed by atoms with van der Waals surface area (Å²) in [6.07, 6.45) is 3.91. The molecule has 1 saturated heterocycles. The maximum absolute atomic E-state index is 12.7. The molecule has 2 aromatic rings. The molecule has 0 unspecified atom stereocenters. The molecule has 24 heavy (non-hydrogen) atoms. The van der Waals surface area contributed by atoms with Gasteiger partial charge in [-0.2, -0.15) is 0 Å². The van der Waals surface area contributed by atoms with Crippen LogP contribution in [0.4, 0.5) is 5.69 Å². The lowest BCUT2D eigenvalue weighted by Crippen LogP contribution is -2.27. The fraction of sp³-hybridized carbons (Fsp3) is 0.0526. The van der Waals surface area contributed by atoms with Crippen molar-refractivity contribution in [2.45, 2.75) is 6.92 Å².